The van der Waals surface area contributed by atoms with Crippen LogP contribution in [0, 0.1) is 0 Å². The van der Waals surface area contributed by atoms with Crippen LogP contribution in [0.15, 0.2) is 42.5 Å². The van der Waals surface area contributed by atoms with Gasteiger partial charge in [0.25, 0.3) is 0 Å². The van der Waals surface area contributed by atoms with Crippen molar-refractivity contribution in [1.29, 1.82) is 0 Å². The van der Waals surface area contributed by atoms with Crippen LogP contribution in [-0.4, -0.2) is 18.6 Å². The number of fused-ring (bicyclic) bond motifs is 1. The van der Waals surface area contributed by atoms with E-state index in [1.807, 2.05) is 7.05 Å². The summed E-state index contributed by atoms with van der Waals surface area (Å²) in [6.45, 7) is 2.86. The molecule has 3 heteroatoms. The topological polar surface area (TPSA) is 28.2 Å². The van der Waals surface area contributed by atoms with Gasteiger partial charge in [-0.15, -0.1) is 0 Å². The Hall–Kier alpha value is -1.87. The minimum absolute atomic E-state index is 0.818. The minimum Gasteiger partial charge on any atom is -0.352 e. The molecule has 104 valence electrons. The van der Waals surface area contributed by atoms with Gasteiger partial charge in [0, 0.05) is 19.6 Å². The second kappa shape index (κ2) is 6.06. The maximum absolute atomic E-state index is 4.76. The summed E-state index contributed by atoms with van der Waals surface area (Å²) in [7, 11) is 1.95. The van der Waals surface area contributed by atoms with Crippen LogP contribution in [0.25, 0.3) is 0 Å². The molecule has 0 amide bonds. The van der Waals surface area contributed by atoms with E-state index < -0.39 is 0 Å². The smallest absolute Gasteiger partial charge is 0.129 e. The van der Waals surface area contributed by atoms with E-state index in [0.717, 1.165) is 31.1 Å². The molecule has 3 rings (SSSR count). The first-order valence-corrected chi connectivity index (χ1v) is 7.29. The number of rotatable bonds is 3. The van der Waals surface area contributed by atoms with Gasteiger partial charge in [0.15, 0.2) is 0 Å². The Morgan fingerprint density at radius 2 is 1.95 bits per heavy atom. The lowest BCUT2D eigenvalue weighted by Gasteiger charge is -2.22. The Morgan fingerprint density at radius 1 is 1.10 bits per heavy atom. The third-order valence-corrected chi connectivity index (χ3v) is 3.83. The van der Waals surface area contributed by atoms with Gasteiger partial charge in [-0.1, -0.05) is 30.3 Å². The summed E-state index contributed by atoms with van der Waals surface area (Å²) >= 11 is 0. The first kappa shape index (κ1) is 13.1. The Kier molecular flexibility index (Phi) is 3.97. The summed E-state index contributed by atoms with van der Waals surface area (Å²) in [6, 6.07) is 15.1. The van der Waals surface area contributed by atoms with Crippen molar-refractivity contribution in [3.05, 3.63) is 59.3 Å². The number of hydrogen-bond donors (Lipinski definition) is 1. The molecule has 0 saturated heterocycles. The Bertz CT molecular complexity index is 580. The molecule has 1 aliphatic rings. The predicted octanol–water partition coefficient (Wildman–Crippen LogP) is 2.75. The van der Waals surface area contributed by atoms with E-state index in [0.29, 0.717) is 0 Å². The first-order chi connectivity index (χ1) is 9.86. The molecule has 1 aliphatic heterocycles. The number of aryl methyl sites for hydroxylation is 1. The van der Waals surface area contributed by atoms with Gasteiger partial charge in [-0.25, -0.2) is 4.98 Å². The second-order valence-electron chi connectivity index (χ2n) is 5.31. The molecule has 0 fully saturated rings. The fraction of sp³-hybridized carbons (Fsp3) is 0.353. The third kappa shape index (κ3) is 2.83. The molecule has 20 heavy (non-hydrogen) atoms. The van der Waals surface area contributed by atoms with Crippen molar-refractivity contribution < 1.29 is 0 Å². The largest absolute Gasteiger partial charge is 0.352 e. The quantitative estimate of drug-likeness (QED) is 0.927. The molecule has 0 saturated carbocycles. The lowest BCUT2D eigenvalue weighted by molar-refractivity contribution is 0.740. The summed E-state index contributed by atoms with van der Waals surface area (Å²) in [6.07, 6.45) is 2.36. The highest BCUT2D eigenvalue weighted by molar-refractivity contribution is 5.43. The number of nitrogens with zero attached hydrogens (tertiary/aromatic N) is 2. The van der Waals surface area contributed by atoms with Crippen LogP contribution in [0.4, 0.5) is 5.82 Å². The summed E-state index contributed by atoms with van der Waals surface area (Å²) in [5, 5.41) is 3.16. The molecule has 1 aromatic carbocycles. The molecule has 3 nitrogen and oxygen atoms in total. The fourth-order valence-electron chi connectivity index (χ4n) is 2.82. The van der Waals surface area contributed by atoms with E-state index in [1.54, 1.807) is 0 Å². The number of pyridine rings is 1. The molecule has 1 N–H and O–H groups in total. The average Bonchev–Trinajstić information content (AvgIpc) is 2.70. The van der Waals surface area contributed by atoms with Gasteiger partial charge < -0.3 is 10.2 Å². The van der Waals surface area contributed by atoms with E-state index in [2.05, 4.69) is 52.7 Å². The summed E-state index contributed by atoms with van der Waals surface area (Å²) in [5.41, 5.74) is 4.02. The Morgan fingerprint density at radius 3 is 2.80 bits per heavy atom. The fourth-order valence-corrected chi connectivity index (χ4v) is 2.82. The van der Waals surface area contributed by atoms with Gasteiger partial charge in [0.1, 0.15) is 5.82 Å². The molecule has 1 aromatic heterocycles. The number of anilines is 1. The van der Waals surface area contributed by atoms with Crippen LogP contribution in [-0.2, 0) is 19.5 Å². The molecule has 2 heterocycles. The van der Waals surface area contributed by atoms with Gasteiger partial charge in [-0.2, -0.15) is 0 Å². The highest BCUT2D eigenvalue weighted by atomic mass is 15.2. The van der Waals surface area contributed by atoms with Crippen molar-refractivity contribution >= 4 is 5.82 Å². The zero-order valence-electron chi connectivity index (χ0n) is 12.0. The lowest BCUT2D eigenvalue weighted by atomic mass is 10.0. The van der Waals surface area contributed by atoms with Crippen molar-refractivity contribution in [2.45, 2.75) is 25.9 Å². The molecular formula is C17H21N3. The molecule has 0 atom stereocenters. The molecule has 0 bridgehead atoms. The zero-order chi connectivity index (χ0) is 13.8. The van der Waals surface area contributed by atoms with Gasteiger partial charge >= 0.3 is 0 Å². The van der Waals surface area contributed by atoms with Crippen LogP contribution in [0.1, 0.15) is 23.2 Å². The molecule has 0 spiro atoms. The van der Waals surface area contributed by atoms with Crippen molar-refractivity contribution in [1.82, 2.24) is 10.3 Å². The van der Waals surface area contributed by atoms with Crippen LogP contribution >= 0.6 is 0 Å². The maximum atomic E-state index is 4.76. The van der Waals surface area contributed by atoms with Crippen LogP contribution < -0.4 is 10.2 Å². The van der Waals surface area contributed by atoms with E-state index in [1.165, 1.54) is 24.0 Å². The third-order valence-electron chi connectivity index (χ3n) is 3.83. The number of aromatic nitrogens is 1. The second-order valence-corrected chi connectivity index (χ2v) is 5.31. The highest BCUT2D eigenvalue weighted by Crippen LogP contribution is 2.22. The number of nitrogens with one attached hydrogen (secondary N) is 1. The van der Waals surface area contributed by atoms with Crippen LogP contribution in [0.2, 0.25) is 0 Å². The maximum Gasteiger partial charge on any atom is 0.129 e. The number of hydrogen-bond acceptors (Lipinski definition) is 3. The Balaban J connectivity index is 1.85. The predicted molar refractivity (Wildman–Crippen MR) is 82.8 cm³/mol. The van der Waals surface area contributed by atoms with E-state index in [-0.39, 0.29) is 0 Å². The van der Waals surface area contributed by atoms with Gasteiger partial charge in [0.2, 0.25) is 0 Å². The van der Waals surface area contributed by atoms with Gasteiger partial charge in [0.05, 0.1) is 5.69 Å². The van der Waals surface area contributed by atoms with Crippen LogP contribution in [0.5, 0.6) is 0 Å². The number of benzene rings is 1. The lowest BCUT2D eigenvalue weighted by Crippen LogP contribution is -2.24. The van der Waals surface area contributed by atoms with Crippen LogP contribution in [0.3, 0.4) is 0 Å². The van der Waals surface area contributed by atoms with E-state index in [9.17, 15) is 0 Å². The average molecular weight is 267 g/mol. The monoisotopic (exact) mass is 267 g/mol. The first-order valence-electron chi connectivity index (χ1n) is 7.29. The van der Waals surface area contributed by atoms with E-state index >= 15 is 0 Å². The van der Waals surface area contributed by atoms with Gasteiger partial charge in [-0.05, 0) is 43.1 Å². The summed E-state index contributed by atoms with van der Waals surface area (Å²) in [5.74, 6) is 1.09. The molecular weight excluding hydrogens is 246 g/mol. The van der Waals surface area contributed by atoms with Gasteiger partial charge in [-0.3, -0.25) is 0 Å². The zero-order valence-corrected chi connectivity index (χ0v) is 12.0. The standard InChI is InChI=1S/C17H21N3/c1-18-12-16-9-4-10-17(19-16)20-11-5-8-14-6-2-3-7-15(14)13-20/h2-4,6-7,9-10,18H,5,8,11-13H2,1H3. The Labute approximate surface area is 120 Å². The highest BCUT2D eigenvalue weighted by Gasteiger charge is 2.15. The minimum atomic E-state index is 0.818. The molecule has 0 aliphatic carbocycles. The molecule has 0 unspecified atom stereocenters. The molecule has 0 radical (unpaired) electrons. The SMILES string of the molecule is CNCc1cccc(N2CCCc3ccccc3C2)n1. The summed E-state index contributed by atoms with van der Waals surface area (Å²) < 4.78 is 0. The van der Waals surface area contributed by atoms with Crippen molar-refractivity contribution in [3.8, 4) is 0 Å². The van der Waals surface area contributed by atoms with Crippen molar-refractivity contribution in [2.75, 3.05) is 18.5 Å². The molecule has 2 aromatic rings. The van der Waals surface area contributed by atoms with E-state index in [4.69, 9.17) is 4.98 Å². The van der Waals surface area contributed by atoms with Crippen molar-refractivity contribution in [2.24, 2.45) is 0 Å². The normalized spacial score (nSPS) is 14.8. The summed E-state index contributed by atoms with van der Waals surface area (Å²) in [4.78, 5) is 7.16. The van der Waals surface area contributed by atoms with Crippen molar-refractivity contribution in [3.63, 3.8) is 0 Å².